The summed E-state index contributed by atoms with van der Waals surface area (Å²) in [5, 5.41) is 0. The van der Waals surface area contributed by atoms with Crippen molar-refractivity contribution in [2.45, 2.75) is 31.6 Å². The molecule has 1 aliphatic heterocycles. The van der Waals surface area contributed by atoms with E-state index < -0.39 is 0 Å². The van der Waals surface area contributed by atoms with Crippen LogP contribution in [0.4, 0.5) is 0 Å². The fourth-order valence-electron chi connectivity index (χ4n) is 3.20. The molecule has 1 heterocycles. The topological polar surface area (TPSA) is 46.3 Å². The number of nitrogens with zero attached hydrogens (tertiary/aromatic N) is 1. The molecular formula is C16H22BrClN2O. The minimum Gasteiger partial charge on any atom is -0.341 e. The monoisotopic (exact) mass is 372 g/mol. The first-order valence-corrected chi connectivity index (χ1v) is 8.04. The highest BCUT2D eigenvalue weighted by molar-refractivity contribution is 9.10. The molecule has 3 rings (SSSR count). The number of carbonyl (C=O) groups excluding carboxylic acids is 1. The zero-order valence-corrected chi connectivity index (χ0v) is 14.7. The molecule has 3 nitrogen and oxygen atoms in total. The van der Waals surface area contributed by atoms with Gasteiger partial charge < -0.3 is 10.6 Å². The lowest BCUT2D eigenvalue weighted by molar-refractivity contribution is -0.133. The van der Waals surface area contributed by atoms with Crippen molar-refractivity contribution in [3.8, 4) is 0 Å². The Balaban J connectivity index is 0.00000161. The molecule has 1 aromatic carbocycles. The van der Waals surface area contributed by atoms with E-state index >= 15 is 0 Å². The van der Waals surface area contributed by atoms with Crippen LogP contribution >= 0.6 is 28.3 Å². The predicted molar refractivity (Wildman–Crippen MR) is 90.7 cm³/mol. The van der Waals surface area contributed by atoms with Crippen molar-refractivity contribution in [2.24, 2.45) is 11.1 Å². The predicted octanol–water partition coefficient (Wildman–Crippen LogP) is 3.10. The molecule has 0 bridgehead atoms. The number of carbonyl (C=O) groups is 1. The van der Waals surface area contributed by atoms with Crippen molar-refractivity contribution in [3.05, 3.63) is 34.3 Å². The minimum atomic E-state index is -0.260. The molecule has 1 saturated carbocycles. The molecule has 21 heavy (non-hydrogen) atoms. The van der Waals surface area contributed by atoms with Crippen LogP contribution in [-0.2, 0) is 10.2 Å². The third kappa shape index (κ3) is 2.99. The summed E-state index contributed by atoms with van der Waals surface area (Å²) in [7, 11) is 0. The van der Waals surface area contributed by atoms with Crippen LogP contribution in [-0.4, -0.2) is 30.4 Å². The van der Waals surface area contributed by atoms with Crippen LogP contribution in [0.2, 0.25) is 0 Å². The zero-order chi connectivity index (χ0) is 14.4. The molecule has 2 fully saturated rings. The number of likely N-dealkylation sites (tertiary alicyclic amines) is 1. The Hall–Kier alpha value is -0.580. The SMILES string of the molecule is CC1(CN)CCN(C(=O)C2(c3cccc(Br)c3)CC2)C1.Cl. The molecule has 0 spiro atoms. The number of amides is 1. The highest BCUT2D eigenvalue weighted by Gasteiger charge is 2.54. The van der Waals surface area contributed by atoms with Crippen LogP contribution in [0.5, 0.6) is 0 Å². The van der Waals surface area contributed by atoms with Gasteiger partial charge in [0.2, 0.25) is 5.91 Å². The first-order chi connectivity index (χ1) is 9.49. The van der Waals surface area contributed by atoms with Gasteiger partial charge in [-0.15, -0.1) is 12.4 Å². The van der Waals surface area contributed by atoms with E-state index in [4.69, 9.17) is 5.73 Å². The van der Waals surface area contributed by atoms with E-state index in [0.29, 0.717) is 12.5 Å². The van der Waals surface area contributed by atoms with Crippen LogP contribution in [0, 0.1) is 5.41 Å². The van der Waals surface area contributed by atoms with Gasteiger partial charge in [-0.05, 0) is 48.9 Å². The first kappa shape index (κ1) is 16.8. The second-order valence-corrected chi connectivity index (χ2v) is 7.50. The maximum atomic E-state index is 12.9. The van der Waals surface area contributed by atoms with E-state index in [0.717, 1.165) is 42.4 Å². The van der Waals surface area contributed by atoms with Crippen LogP contribution < -0.4 is 5.73 Å². The molecule has 1 amide bonds. The van der Waals surface area contributed by atoms with Gasteiger partial charge in [-0.3, -0.25) is 4.79 Å². The van der Waals surface area contributed by atoms with E-state index in [2.05, 4.69) is 35.0 Å². The van der Waals surface area contributed by atoms with Gasteiger partial charge in [-0.2, -0.15) is 0 Å². The number of nitrogens with two attached hydrogens (primary N) is 1. The molecule has 0 radical (unpaired) electrons. The average molecular weight is 374 g/mol. The molecule has 1 saturated heterocycles. The zero-order valence-electron chi connectivity index (χ0n) is 12.3. The molecule has 2 N–H and O–H groups in total. The molecule has 116 valence electrons. The third-order valence-corrected chi connectivity index (χ3v) is 5.37. The Labute approximate surface area is 140 Å². The first-order valence-electron chi connectivity index (χ1n) is 7.25. The molecular weight excluding hydrogens is 352 g/mol. The van der Waals surface area contributed by atoms with Gasteiger partial charge in [0.05, 0.1) is 5.41 Å². The lowest BCUT2D eigenvalue weighted by Gasteiger charge is -2.26. The van der Waals surface area contributed by atoms with E-state index in [1.54, 1.807) is 0 Å². The normalized spacial score (nSPS) is 26.3. The van der Waals surface area contributed by atoms with Gasteiger partial charge in [0.15, 0.2) is 0 Å². The smallest absolute Gasteiger partial charge is 0.233 e. The summed E-state index contributed by atoms with van der Waals surface area (Å²) in [4.78, 5) is 14.9. The summed E-state index contributed by atoms with van der Waals surface area (Å²) in [5.41, 5.74) is 6.83. The fourth-order valence-corrected chi connectivity index (χ4v) is 3.60. The summed E-state index contributed by atoms with van der Waals surface area (Å²) in [6.07, 6.45) is 2.96. The quantitative estimate of drug-likeness (QED) is 0.885. The number of halogens is 2. The van der Waals surface area contributed by atoms with E-state index in [1.807, 2.05) is 17.0 Å². The van der Waals surface area contributed by atoms with Gasteiger partial charge in [0.25, 0.3) is 0 Å². The second kappa shape index (κ2) is 5.90. The molecule has 2 aliphatic rings. The van der Waals surface area contributed by atoms with Gasteiger partial charge in [0.1, 0.15) is 0 Å². The Morgan fingerprint density at radius 3 is 2.62 bits per heavy atom. The number of rotatable bonds is 3. The second-order valence-electron chi connectivity index (χ2n) is 6.58. The van der Waals surface area contributed by atoms with Crippen LogP contribution in [0.3, 0.4) is 0 Å². The average Bonchev–Trinajstić information content (AvgIpc) is 3.16. The number of hydrogen-bond donors (Lipinski definition) is 1. The van der Waals surface area contributed by atoms with Gasteiger partial charge in [0, 0.05) is 17.6 Å². The Morgan fingerprint density at radius 2 is 2.10 bits per heavy atom. The molecule has 1 atom stereocenters. The molecule has 5 heteroatoms. The van der Waals surface area contributed by atoms with Crippen molar-refractivity contribution in [1.82, 2.24) is 4.90 Å². The third-order valence-electron chi connectivity index (χ3n) is 4.87. The van der Waals surface area contributed by atoms with Crippen LogP contribution in [0.1, 0.15) is 31.7 Å². The van der Waals surface area contributed by atoms with E-state index in [9.17, 15) is 4.79 Å². The van der Waals surface area contributed by atoms with Crippen molar-refractivity contribution in [2.75, 3.05) is 19.6 Å². The van der Waals surface area contributed by atoms with Crippen molar-refractivity contribution < 1.29 is 4.79 Å². The number of benzene rings is 1. The summed E-state index contributed by atoms with van der Waals surface area (Å²) in [5.74, 6) is 0.299. The fraction of sp³-hybridized carbons (Fsp3) is 0.562. The Kier molecular flexibility index (Phi) is 4.72. The molecule has 1 unspecified atom stereocenters. The standard InChI is InChI=1S/C16H21BrN2O.ClH/c1-15(10-18)7-8-19(11-15)14(20)16(5-6-16)12-3-2-4-13(17)9-12;/h2-4,9H,5-8,10-11,18H2,1H3;1H. The van der Waals surface area contributed by atoms with Gasteiger partial charge in [-0.25, -0.2) is 0 Å². The van der Waals surface area contributed by atoms with Crippen LogP contribution in [0.15, 0.2) is 28.7 Å². The molecule has 1 aliphatic carbocycles. The van der Waals surface area contributed by atoms with Crippen molar-refractivity contribution in [1.29, 1.82) is 0 Å². The lowest BCUT2D eigenvalue weighted by atomic mass is 9.90. The molecule has 1 aromatic rings. The minimum absolute atomic E-state index is 0. The lowest BCUT2D eigenvalue weighted by Crippen LogP contribution is -2.40. The largest absolute Gasteiger partial charge is 0.341 e. The maximum Gasteiger partial charge on any atom is 0.233 e. The van der Waals surface area contributed by atoms with Gasteiger partial charge in [-0.1, -0.05) is 35.0 Å². The van der Waals surface area contributed by atoms with Crippen molar-refractivity contribution >= 4 is 34.2 Å². The highest BCUT2D eigenvalue weighted by atomic mass is 79.9. The van der Waals surface area contributed by atoms with Crippen LogP contribution in [0.25, 0.3) is 0 Å². The van der Waals surface area contributed by atoms with Crippen molar-refractivity contribution in [3.63, 3.8) is 0 Å². The highest BCUT2D eigenvalue weighted by Crippen LogP contribution is 2.51. The maximum absolute atomic E-state index is 12.9. The summed E-state index contributed by atoms with van der Waals surface area (Å²) < 4.78 is 1.04. The number of hydrogen-bond acceptors (Lipinski definition) is 2. The van der Waals surface area contributed by atoms with E-state index in [-0.39, 0.29) is 23.2 Å². The summed E-state index contributed by atoms with van der Waals surface area (Å²) in [6, 6.07) is 8.18. The summed E-state index contributed by atoms with van der Waals surface area (Å²) in [6.45, 7) is 4.49. The van der Waals surface area contributed by atoms with Gasteiger partial charge >= 0.3 is 0 Å². The Morgan fingerprint density at radius 1 is 1.38 bits per heavy atom. The van der Waals surface area contributed by atoms with E-state index in [1.165, 1.54) is 0 Å². The molecule has 0 aromatic heterocycles. The Bertz CT molecular complexity index is 547. The summed E-state index contributed by atoms with van der Waals surface area (Å²) >= 11 is 3.50.